The van der Waals surface area contributed by atoms with Crippen LogP contribution in [-0.4, -0.2) is 35.3 Å². The van der Waals surface area contributed by atoms with Crippen LogP contribution in [0.5, 0.6) is 17.2 Å². The molecule has 0 saturated heterocycles. The molecule has 2 aromatic rings. The van der Waals surface area contributed by atoms with Gasteiger partial charge in [-0.1, -0.05) is 26.7 Å². The van der Waals surface area contributed by atoms with Crippen LogP contribution in [0.4, 0.5) is 0 Å². The maximum absolute atomic E-state index is 10.9. The molecule has 0 radical (unpaired) electrons. The molecule has 1 atom stereocenters. The second-order valence-electron chi connectivity index (χ2n) is 7.16. The van der Waals surface area contributed by atoms with Crippen LogP contribution in [-0.2, 0) is 11.2 Å². The number of unbranched alkanes of at least 4 members (excludes halogenated alkanes) is 2. The number of halogens is 4. The first kappa shape index (κ1) is 34.3. The first-order chi connectivity index (χ1) is 16.0. The van der Waals surface area contributed by atoms with Crippen LogP contribution in [0.1, 0.15) is 45.1 Å². The van der Waals surface area contributed by atoms with Gasteiger partial charge in [-0.2, -0.15) is 0 Å². The second-order valence-corrected chi connectivity index (χ2v) is 11.8. The zero-order valence-corrected chi connectivity index (χ0v) is 27.9. The number of phenolic OH excluding ortho intramolecular Hbond substituents is 1. The Hall–Kier alpha value is 0.310. The van der Waals surface area contributed by atoms with E-state index in [0.717, 1.165) is 25.8 Å². The number of nitrogens with two attached hydrogens (primary N) is 3. The van der Waals surface area contributed by atoms with Gasteiger partial charge >= 0.3 is 5.97 Å². The number of phenols is 1. The highest BCUT2D eigenvalue weighted by Crippen LogP contribution is 2.36. The molecular weight excluding hydrogens is 890 g/mol. The van der Waals surface area contributed by atoms with Crippen molar-refractivity contribution in [3.8, 4) is 17.2 Å². The van der Waals surface area contributed by atoms with Crippen LogP contribution in [0.3, 0.4) is 0 Å². The van der Waals surface area contributed by atoms with E-state index in [1.54, 1.807) is 12.1 Å². The predicted octanol–water partition coefficient (Wildman–Crippen LogP) is 6.05. The third-order valence-electron chi connectivity index (χ3n) is 4.16. The van der Waals surface area contributed by atoms with Crippen molar-refractivity contribution in [2.75, 3.05) is 13.1 Å². The Balaban J connectivity index is 0.000000916. The first-order valence-electron chi connectivity index (χ1n) is 10.7. The first-order valence-corrected chi connectivity index (χ1v) is 15.1. The van der Waals surface area contributed by atoms with Crippen molar-refractivity contribution in [3.63, 3.8) is 0 Å². The van der Waals surface area contributed by atoms with E-state index in [2.05, 4.69) is 104 Å². The van der Waals surface area contributed by atoms with Crippen LogP contribution in [0.25, 0.3) is 0 Å². The second kappa shape index (κ2) is 19.4. The quantitative estimate of drug-likeness (QED) is 0.193. The number of hydrogen-bond donors (Lipinski definition) is 5. The predicted molar refractivity (Wildman–Crippen MR) is 173 cm³/mol. The number of carboxylic acids is 1. The van der Waals surface area contributed by atoms with Gasteiger partial charge in [-0.3, -0.25) is 4.79 Å². The zero-order valence-electron chi connectivity index (χ0n) is 19.3. The molecule has 0 aliphatic rings. The van der Waals surface area contributed by atoms with Gasteiger partial charge in [-0.05, 0) is 153 Å². The van der Waals surface area contributed by atoms with E-state index < -0.39 is 12.0 Å². The lowest BCUT2D eigenvalue weighted by molar-refractivity contribution is -0.138. The van der Waals surface area contributed by atoms with E-state index in [9.17, 15) is 9.90 Å². The lowest BCUT2D eigenvalue weighted by Gasteiger charge is -2.14. The van der Waals surface area contributed by atoms with Gasteiger partial charge in [0.25, 0.3) is 0 Å². The molecule has 0 heterocycles. The number of rotatable bonds is 9. The van der Waals surface area contributed by atoms with Crippen molar-refractivity contribution in [2.24, 2.45) is 17.2 Å². The molecule has 0 aromatic heterocycles. The van der Waals surface area contributed by atoms with Crippen LogP contribution < -0.4 is 21.9 Å². The maximum Gasteiger partial charge on any atom is 0.320 e. The van der Waals surface area contributed by atoms with E-state index in [4.69, 9.17) is 27.0 Å². The number of hydrogen-bond acceptors (Lipinski definition) is 6. The summed E-state index contributed by atoms with van der Waals surface area (Å²) >= 11 is 8.42. The van der Waals surface area contributed by atoms with Gasteiger partial charge in [0.15, 0.2) is 5.75 Å². The van der Waals surface area contributed by atoms with Crippen LogP contribution >= 0.6 is 90.4 Å². The molecule has 0 aliphatic carbocycles. The third-order valence-corrected chi connectivity index (χ3v) is 7.40. The number of aliphatic carboxylic acids is 1. The fourth-order valence-electron chi connectivity index (χ4n) is 2.30. The van der Waals surface area contributed by atoms with Crippen LogP contribution in [0, 0.1) is 14.3 Å². The lowest BCUT2D eigenvalue weighted by atomic mass is 10.1. The zero-order chi connectivity index (χ0) is 26.3. The molecule has 0 bridgehead atoms. The smallest absolute Gasteiger partial charge is 0.320 e. The molecule has 7 nitrogen and oxygen atoms in total. The molecule has 0 aliphatic heterocycles. The van der Waals surface area contributed by atoms with Gasteiger partial charge in [-0.15, -0.1) is 0 Å². The highest BCUT2D eigenvalue weighted by atomic mass is 127. The van der Waals surface area contributed by atoms with Gasteiger partial charge in [0.05, 0.1) is 14.3 Å². The Morgan fingerprint density at radius 2 is 1.35 bits per heavy atom. The Morgan fingerprint density at radius 3 is 1.68 bits per heavy atom. The molecule has 2 rings (SSSR count). The van der Waals surface area contributed by atoms with Crippen molar-refractivity contribution >= 4 is 96.3 Å². The Kier molecular flexibility index (Phi) is 19.6. The van der Waals surface area contributed by atoms with Crippen LogP contribution in [0.2, 0.25) is 0 Å². The summed E-state index contributed by atoms with van der Waals surface area (Å²) < 4.78 is 9.14. The molecule has 8 N–H and O–H groups in total. The SMILES string of the molecule is CCCCN.CCCCN.N[C@@H](Cc1cc(I)c(Oc2cc(I)c(O)c(I)c2)c(I)c1)C(=O)O. The summed E-state index contributed by atoms with van der Waals surface area (Å²) in [4.78, 5) is 10.9. The average Bonchev–Trinajstić information content (AvgIpc) is 2.76. The molecule has 0 spiro atoms. The van der Waals surface area contributed by atoms with E-state index in [1.165, 1.54) is 25.7 Å². The fraction of sp³-hybridized carbons (Fsp3) is 0.435. The summed E-state index contributed by atoms with van der Waals surface area (Å²) in [5, 5.41) is 18.8. The van der Waals surface area contributed by atoms with Crippen molar-refractivity contribution in [3.05, 3.63) is 44.1 Å². The molecule has 0 unspecified atom stereocenters. The summed E-state index contributed by atoms with van der Waals surface area (Å²) in [6.45, 7) is 5.95. The molecule has 2 aromatic carbocycles. The summed E-state index contributed by atoms with van der Waals surface area (Å²) in [6, 6.07) is 6.34. The monoisotopic (exact) mass is 923 g/mol. The van der Waals surface area contributed by atoms with E-state index in [-0.39, 0.29) is 12.2 Å². The standard InChI is InChI=1S/C15H11I4NO4.2C4H11N/c16-8-4-7(5-9(17)13(8)21)24-14-10(18)1-6(2-11(14)19)3-12(20)15(22)23;2*1-2-3-4-5/h1-2,4-5,12,21H,3,20H2,(H,22,23);2*2-5H2,1H3/t12-;;/m0../s1. The number of benzene rings is 2. The van der Waals surface area contributed by atoms with Gasteiger partial charge in [-0.25, -0.2) is 0 Å². The molecule has 11 heteroatoms. The average molecular weight is 923 g/mol. The van der Waals surface area contributed by atoms with Crippen molar-refractivity contribution in [2.45, 2.75) is 52.0 Å². The Morgan fingerprint density at radius 1 is 0.912 bits per heavy atom. The highest BCUT2D eigenvalue weighted by molar-refractivity contribution is 14.1. The van der Waals surface area contributed by atoms with Gasteiger partial charge in [0, 0.05) is 0 Å². The van der Waals surface area contributed by atoms with E-state index in [0.29, 0.717) is 18.6 Å². The molecule has 0 fully saturated rings. The van der Waals surface area contributed by atoms with E-state index in [1.807, 2.05) is 12.1 Å². The third kappa shape index (κ3) is 13.6. The molecule has 0 saturated carbocycles. The van der Waals surface area contributed by atoms with E-state index >= 15 is 0 Å². The normalized spacial score (nSPS) is 11.0. The van der Waals surface area contributed by atoms with Crippen molar-refractivity contribution in [1.82, 2.24) is 0 Å². The summed E-state index contributed by atoms with van der Waals surface area (Å²) in [5.41, 5.74) is 16.7. The maximum atomic E-state index is 10.9. The topological polar surface area (TPSA) is 145 Å². The van der Waals surface area contributed by atoms with Crippen molar-refractivity contribution in [1.29, 1.82) is 0 Å². The molecule has 192 valence electrons. The Bertz CT molecular complexity index is 845. The summed E-state index contributed by atoms with van der Waals surface area (Å²) in [7, 11) is 0. The molecular formula is C23H33I4N3O4. The highest BCUT2D eigenvalue weighted by Gasteiger charge is 2.16. The van der Waals surface area contributed by atoms with Gasteiger partial charge in [0.1, 0.15) is 17.5 Å². The number of ether oxygens (including phenoxy) is 1. The van der Waals surface area contributed by atoms with Gasteiger partial charge in [0.2, 0.25) is 0 Å². The number of carboxylic acid groups (broad SMARTS) is 1. The summed E-state index contributed by atoms with van der Waals surface area (Å²) in [6.07, 6.45) is 5.03. The lowest BCUT2D eigenvalue weighted by Crippen LogP contribution is -2.32. The number of carbonyl (C=O) groups is 1. The van der Waals surface area contributed by atoms with Crippen molar-refractivity contribution < 1.29 is 19.7 Å². The van der Waals surface area contributed by atoms with Crippen LogP contribution in [0.15, 0.2) is 24.3 Å². The number of aromatic hydroxyl groups is 1. The minimum Gasteiger partial charge on any atom is -0.506 e. The summed E-state index contributed by atoms with van der Waals surface area (Å²) in [5.74, 6) is 0.549. The molecule has 0 amide bonds. The van der Waals surface area contributed by atoms with Gasteiger partial charge < -0.3 is 32.2 Å². The molecule has 34 heavy (non-hydrogen) atoms. The fourth-order valence-corrected chi connectivity index (χ4v) is 6.12. The largest absolute Gasteiger partial charge is 0.506 e. The Labute approximate surface area is 256 Å². The minimum absolute atomic E-state index is 0.242. The minimum atomic E-state index is -1.02.